The van der Waals surface area contributed by atoms with Crippen LogP contribution in [0, 0.1) is 12.3 Å². The molecule has 1 amide bonds. The van der Waals surface area contributed by atoms with Gasteiger partial charge in [0.1, 0.15) is 11.3 Å². The number of hydrogen-bond donors (Lipinski definition) is 1. The van der Waals surface area contributed by atoms with Crippen LogP contribution >= 0.6 is 0 Å². The van der Waals surface area contributed by atoms with Crippen molar-refractivity contribution in [2.24, 2.45) is 5.41 Å². The number of likely N-dealkylation sites (tertiary alicyclic amines) is 2. The molecule has 0 bridgehead atoms. The molecule has 1 aliphatic carbocycles. The number of amides is 1. The standard InChI is InChI=1S/C40H48F3N9O2/c1-5-32(53)52-21-39(22-52)11-14-49(15-12-39)37-29-16-28(25-7-8-25)34(33-24(2)6-9-31-30(33)17-44-47-31)36(54-23-40(41,42)43)35(29)45-38(46-37)51-19-27(20-51)50-13-10-26(18-50)48(3)4/h5-6,9,16-17,25-27H,1,7-8,10-15,18-23H2,2-4H3,(H,44,47)/t26-/m0/s1. The summed E-state index contributed by atoms with van der Waals surface area (Å²) in [5.41, 5.74) is 4.65. The molecule has 1 spiro atoms. The number of nitrogens with zero attached hydrogens (tertiary/aromatic N) is 8. The molecule has 11 nitrogen and oxygen atoms in total. The van der Waals surface area contributed by atoms with E-state index >= 15 is 0 Å². The van der Waals surface area contributed by atoms with Crippen molar-refractivity contribution < 1.29 is 22.7 Å². The minimum atomic E-state index is -4.55. The summed E-state index contributed by atoms with van der Waals surface area (Å²) >= 11 is 0. The third kappa shape index (κ3) is 6.24. The van der Waals surface area contributed by atoms with Crippen molar-refractivity contribution in [2.45, 2.75) is 63.2 Å². The molecule has 6 heterocycles. The number of ether oxygens (including phenoxy) is 1. The van der Waals surface area contributed by atoms with E-state index in [4.69, 9.17) is 14.7 Å². The van der Waals surface area contributed by atoms with Crippen molar-refractivity contribution in [1.82, 2.24) is 34.9 Å². The van der Waals surface area contributed by atoms with Crippen molar-refractivity contribution in [3.05, 3.63) is 48.2 Å². The molecule has 4 aromatic rings. The second-order valence-corrected chi connectivity index (χ2v) is 16.5. The molecular weight excluding hydrogens is 695 g/mol. The number of alkyl halides is 3. The van der Waals surface area contributed by atoms with Gasteiger partial charge in [0.2, 0.25) is 11.9 Å². The van der Waals surface area contributed by atoms with E-state index in [-0.39, 0.29) is 23.0 Å². The van der Waals surface area contributed by atoms with E-state index in [0.717, 1.165) is 110 Å². The van der Waals surface area contributed by atoms with Crippen molar-refractivity contribution in [3.8, 4) is 16.9 Å². The number of carbonyl (C=O) groups is 1. The molecule has 1 atom stereocenters. The minimum Gasteiger partial charge on any atom is -0.481 e. The number of nitrogens with one attached hydrogen (secondary N) is 1. The highest BCUT2D eigenvalue weighted by atomic mass is 19.4. The molecule has 2 aromatic carbocycles. The fourth-order valence-corrected chi connectivity index (χ4v) is 9.27. The average Bonchev–Trinajstić information content (AvgIpc) is 3.64. The third-order valence-electron chi connectivity index (χ3n) is 12.7. The van der Waals surface area contributed by atoms with Crippen LogP contribution in [0.15, 0.2) is 37.1 Å². The van der Waals surface area contributed by atoms with Gasteiger partial charge in [0.25, 0.3) is 0 Å². The second kappa shape index (κ2) is 13.1. The van der Waals surface area contributed by atoms with Crippen LogP contribution in [0.4, 0.5) is 24.9 Å². The van der Waals surface area contributed by atoms with Crippen LogP contribution in [-0.4, -0.2) is 132 Å². The number of rotatable bonds is 9. The van der Waals surface area contributed by atoms with Gasteiger partial charge in [-0.15, -0.1) is 0 Å². The summed E-state index contributed by atoms with van der Waals surface area (Å²) in [6.45, 7) is 10.6. The van der Waals surface area contributed by atoms with E-state index in [1.807, 2.05) is 24.0 Å². The van der Waals surface area contributed by atoms with E-state index in [9.17, 15) is 18.0 Å². The fourth-order valence-electron chi connectivity index (χ4n) is 9.27. The first kappa shape index (κ1) is 35.3. The average molecular weight is 744 g/mol. The van der Waals surface area contributed by atoms with Crippen LogP contribution < -0.4 is 14.5 Å². The summed E-state index contributed by atoms with van der Waals surface area (Å²) in [6, 6.07) is 6.96. The Morgan fingerprint density at radius 3 is 2.46 bits per heavy atom. The van der Waals surface area contributed by atoms with Gasteiger partial charge >= 0.3 is 6.18 Å². The van der Waals surface area contributed by atoms with Crippen LogP contribution in [-0.2, 0) is 4.79 Å². The van der Waals surface area contributed by atoms with Gasteiger partial charge in [0, 0.05) is 86.2 Å². The molecule has 4 saturated heterocycles. The highest BCUT2D eigenvalue weighted by Gasteiger charge is 2.47. The Kier molecular flexibility index (Phi) is 8.56. The first-order valence-corrected chi connectivity index (χ1v) is 19.2. The van der Waals surface area contributed by atoms with Crippen LogP contribution in [0.1, 0.15) is 49.1 Å². The Morgan fingerprint density at radius 1 is 1.04 bits per heavy atom. The molecule has 5 fully saturated rings. The van der Waals surface area contributed by atoms with Gasteiger partial charge in [-0.05, 0) is 93.9 Å². The maximum absolute atomic E-state index is 14.1. The monoisotopic (exact) mass is 743 g/mol. The molecule has 14 heteroatoms. The fraction of sp³-hybridized carbons (Fsp3) is 0.550. The zero-order valence-electron chi connectivity index (χ0n) is 31.3. The topological polar surface area (TPSA) is 97.0 Å². The first-order chi connectivity index (χ1) is 25.9. The van der Waals surface area contributed by atoms with Crippen molar-refractivity contribution in [3.63, 3.8) is 0 Å². The van der Waals surface area contributed by atoms with Gasteiger partial charge in [-0.25, -0.2) is 4.98 Å². The van der Waals surface area contributed by atoms with Crippen molar-refractivity contribution >= 4 is 39.5 Å². The second-order valence-electron chi connectivity index (χ2n) is 16.5. The zero-order valence-corrected chi connectivity index (χ0v) is 31.3. The Hall–Kier alpha value is -4.43. The molecule has 0 radical (unpaired) electrons. The SMILES string of the molecule is C=CC(=O)N1CC2(CCN(c3nc(N4CC(N5CC[C@H](N(C)C)C5)C4)nc4c(OCC(F)(F)F)c(-c5c(C)ccc6[nH]ncc56)c(C5CC5)cc34)CC2)C1. The van der Waals surface area contributed by atoms with Gasteiger partial charge in [-0.2, -0.15) is 23.3 Å². The molecule has 1 saturated carbocycles. The van der Waals surface area contributed by atoms with Gasteiger partial charge < -0.3 is 24.3 Å². The number of likely N-dealkylation sites (N-methyl/N-ethyl adjacent to an activating group) is 1. The number of piperidine rings is 1. The van der Waals surface area contributed by atoms with E-state index in [0.29, 0.717) is 42.2 Å². The van der Waals surface area contributed by atoms with Crippen molar-refractivity contribution in [2.75, 3.05) is 82.9 Å². The Morgan fingerprint density at radius 2 is 1.80 bits per heavy atom. The number of aromatic amines is 1. The van der Waals surface area contributed by atoms with Crippen LogP contribution in [0.5, 0.6) is 5.75 Å². The molecule has 2 aromatic heterocycles. The molecule has 286 valence electrons. The van der Waals surface area contributed by atoms with E-state index in [2.05, 4.69) is 56.5 Å². The number of benzene rings is 2. The zero-order chi connectivity index (χ0) is 37.5. The summed E-state index contributed by atoms with van der Waals surface area (Å²) in [6.07, 6.45) is 3.35. The Balaban J connectivity index is 1.16. The maximum Gasteiger partial charge on any atom is 0.422 e. The lowest BCUT2D eigenvalue weighted by Crippen LogP contribution is -2.61. The lowest BCUT2D eigenvalue weighted by molar-refractivity contribution is -0.153. The van der Waals surface area contributed by atoms with Crippen LogP contribution in [0.3, 0.4) is 0 Å². The number of H-pyrrole nitrogens is 1. The highest BCUT2D eigenvalue weighted by Crippen LogP contribution is 2.53. The number of anilines is 2. The van der Waals surface area contributed by atoms with E-state index in [1.165, 1.54) is 6.08 Å². The summed E-state index contributed by atoms with van der Waals surface area (Å²) < 4.78 is 48.4. The number of aryl methyl sites for hydroxylation is 1. The number of carbonyl (C=O) groups excluding carboxylic acids is 1. The summed E-state index contributed by atoms with van der Waals surface area (Å²) in [7, 11) is 4.26. The molecule has 1 N–H and O–H groups in total. The predicted octanol–water partition coefficient (Wildman–Crippen LogP) is 5.74. The smallest absolute Gasteiger partial charge is 0.422 e. The number of fused-ring (bicyclic) bond motifs is 2. The Labute approximate surface area is 313 Å². The summed E-state index contributed by atoms with van der Waals surface area (Å²) in [4.78, 5) is 33.8. The number of aromatic nitrogens is 4. The molecule has 5 aliphatic rings. The van der Waals surface area contributed by atoms with Crippen molar-refractivity contribution in [1.29, 1.82) is 0 Å². The van der Waals surface area contributed by atoms with Gasteiger partial charge in [-0.3, -0.25) is 14.8 Å². The van der Waals surface area contributed by atoms with E-state index < -0.39 is 12.8 Å². The van der Waals surface area contributed by atoms with Gasteiger partial charge in [0.05, 0.1) is 11.7 Å². The Bertz CT molecular complexity index is 2110. The number of halogens is 3. The molecule has 54 heavy (non-hydrogen) atoms. The number of hydrogen-bond acceptors (Lipinski definition) is 9. The lowest BCUT2D eigenvalue weighted by Gasteiger charge is -2.54. The van der Waals surface area contributed by atoms with Crippen LogP contribution in [0.2, 0.25) is 0 Å². The molecular formula is C40H48F3N9O2. The molecule has 9 rings (SSSR count). The predicted molar refractivity (Wildman–Crippen MR) is 203 cm³/mol. The first-order valence-electron chi connectivity index (χ1n) is 19.2. The van der Waals surface area contributed by atoms with Crippen LogP contribution in [0.25, 0.3) is 32.9 Å². The lowest BCUT2D eigenvalue weighted by atomic mass is 9.72. The largest absolute Gasteiger partial charge is 0.481 e. The molecule has 0 unspecified atom stereocenters. The summed E-state index contributed by atoms with van der Waals surface area (Å²) in [5.74, 6) is 1.56. The highest BCUT2D eigenvalue weighted by molar-refractivity contribution is 6.06. The quantitative estimate of drug-likeness (QED) is 0.216. The molecule has 4 aliphatic heterocycles. The third-order valence-corrected chi connectivity index (χ3v) is 12.7. The van der Waals surface area contributed by atoms with E-state index in [1.54, 1.807) is 6.20 Å². The summed E-state index contributed by atoms with van der Waals surface area (Å²) in [5, 5.41) is 8.91. The van der Waals surface area contributed by atoms with Gasteiger partial charge in [-0.1, -0.05) is 12.6 Å². The normalized spacial score (nSPS) is 22.1. The minimum absolute atomic E-state index is 0.0374. The maximum atomic E-state index is 14.1. The van der Waals surface area contributed by atoms with Gasteiger partial charge in [0.15, 0.2) is 12.4 Å².